The summed E-state index contributed by atoms with van der Waals surface area (Å²) >= 11 is 0. The first-order valence-corrected chi connectivity index (χ1v) is 13.7. The Bertz CT molecular complexity index is 725. The number of rotatable bonds is 6. The van der Waals surface area contributed by atoms with Crippen molar-refractivity contribution >= 4 is 5.97 Å². The maximum Gasteiger partial charge on any atom is 0.306 e. The second-order valence-electron chi connectivity index (χ2n) is 13.2. The quantitative estimate of drug-likeness (QED) is 0.456. The van der Waals surface area contributed by atoms with Gasteiger partial charge in [-0.3, -0.25) is 4.79 Å². The summed E-state index contributed by atoms with van der Waals surface area (Å²) in [5, 5.41) is 42.7. The van der Waals surface area contributed by atoms with Crippen LogP contribution in [0.5, 0.6) is 0 Å². The van der Waals surface area contributed by atoms with E-state index in [-0.39, 0.29) is 46.9 Å². The van der Waals surface area contributed by atoms with Gasteiger partial charge in [0.1, 0.15) is 0 Å². The molecule has 4 fully saturated rings. The first-order chi connectivity index (χ1) is 15.4. The number of fused-ring (bicyclic) bond motifs is 5. The zero-order valence-electron chi connectivity index (χ0n) is 21.4. The highest BCUT2D eigenvalue weighted by Crippen LogP contribution is 2.68. The van der Waals surface area contributed by atoms with E-state index in [1.165, 1.54) is 0 Å². The average Bonchev–Trinajstić information content (AvgIpc) is 3.11. The van der Waals surface area contributed by atoms with Crippen LogP contribution in [0.1, 0.15) is 92.4 Å². The second-order valence-corrected chi connectivity index (χ2v) is 13.2. The van der Waals surface area contributed by atoms with Crippen molar-refractivity contribution < 1.29 is 25.2 Å². The molecule has 4 aliphatic carbocycles. The molecule has 0 saturated heterocycles. The summed E-state index contributed by atoms with van der Waals surface area (Å²) in [6.45, 7) is 10.8. The molecule has 0 aromatic heterocycles. The van der Waals surface area contributed by atoms with Crippen molar-refractivity contribution in [3.63, 3.8) is 0 Å². The molecule has 13 atom stereocenters. The van der Waals surface area contributed by atoms with Gasteiger partial charge in [0.2, 0.25) is 0 Å². The minimum atomic E-state index is -0.717. The Hall–Kier alpha value is -0.650. The van der Waals surface area contributed by atoms with E-state index in [2.05, 4.69) is 20.8 Å². The maximum atomic E-state index is 11.7. The summed E-state index contributed by atoms with van der Waals surface area (Å²) in [5.74, 6) is 1.22. The van der Waals surface area contributed by atoms with Crippen LogP contribution in [0.25, 0.3) is 0 Å². The topological polar surface area (TPSA) is 98.0 Å². The van der Waals surface area contributed by atoms with Crippen molar-refractivity contribution in [2.75, 3.05) is 0 Å². The number of aliphatic hydroxyl groups excluding tert-OH is 3. The van der Waals surface area contributed by atoms with E-state index in [0.29, 0.717) is 29.6 Å². The zero-order valence-corrected chi connectivity index (χ0v) is 21.4. The molecular weight excluding hydrogens is 416 g/mol. The van der Waals surface area contributed by atoms with Gasteiger partial charge in [0, 0.05) is 0 Å². The van der Waals surface area contributed by atoms with Crippen molar-refractivity contribution in [3.8, 4) is 0 Å². The largest absolute Gasteiger partial charge is 0.481 e. The van der Waals surface area contributed by atoms with Gasteiger partial charge in [0.15, 0.2) is 0 Å². The van der Waals surface area contributed by atoms with E-state index < -0.39 is 5.97 Å². The molecule has 4 rings (SSSR count). The molecule has 5 nitrogen and oxygen atoms in total. The van der Waals surface area contributed by atoms with Crippen molar-refractivity contribution in [1.82, 2.24) is 0 Å². The molecule has 33 heavy (non-hydrogen) atoms. The van der Waals surface area contributed by atoms with Crippen LogP contribution in [-0.4, -0.2) is 44.7 Å². The summed E-state index contributed by atoms with van der Waals surface area (Å²) in [6, 6.07) is 0. The molecule has 0 aromatic rings. The van der Waals surface area contributed by atoms with Crippen molar-refractivity contribution in [2.45, 2.75) is 111 Å². The lowest BCUT2D eigenvalue weighted by Crippen LogP contribution is -2.62. The van der Waals surface area contributed by atoms with E-state index >= 15 is 0 Å². The lowest BCUT2D eigenvalue weighted by atomic mass is 9.43. The molecule has 4 aliphatic rings. The van der Waals surface area contributed by atoms with E-state index in [1.807, 2.05) is 6.92 Å². The molecule has 0 radical (unpaired) electrons. The minimum Gasteiger partial charge on any atom is -0.481 e. The highest BCUT2D eigenvalue weighted by atomic mass is 16.4. The third kappa shape index (κ3) is 4.08. The molecule has 5 heteroatoms. The Morgan fingerprint density at radius 3 is 2.30 bits per heavy atom. The third-order valence-electron chi connectivity index (χ3n) is 11.8. The van der Waals surface area contributed by atoms with E-state index in [9.17, 15) is 25.2 Å². The predicted molar refractivity (Wildman–Crippen MR) is 128 cm³/mol. The summed E-state index contributed by atoms with van der Waals surface area (Å²) in [7, 11) is 0. The standard InChI is InChI=1S/C28H48O5/c1-15(17(3)26(32)33)6-7-16(2)20-8-9-21-25-22(14-24(31)28(20,21)5)27(4)11-10-19(29)12-18(27)13-23(25)30/h15-25,29-31H,6-14H2,1-5H3,(H,32,33)/t15-,16+,17-,18+,19-,20+,21-,22+,23-,24+,25+,27+,28-/m1/s1. The average molecular weight is 465 g/mol. The lowest BCUT2D eigenvalue weighted by molar-refractivity contribution is -0.207. The Labute approximate surface area is 200 Å². The number of carboxylic acid groups (broad SMARTS) is 1. The number of hydrogen-bond donors (Lipinski definition) is 4. The molecule has 0 heterocycles. The summed E-state index contributed by atoms with van der Waals surface area (Å²) in [5.41, 5.74) is -0.0713. The smallest absolute Gasteiger partial charge is 0.306 e. The summed E-state index contributed by atoms with van der Waals surface area (Å²) in [4.78, 5) is 11.4. The van der Waals surface area contributed by atoms with E-state index in [1.54, 1.807) is 6.92 Å². The monoisotopic (exact) mass is 464 g/mol. The van der Waals surface area contributed by atoms with Crippen molar-refractivity contribution in [2.24, 2.45) is 58.2 Å². The van der Waals surface area contributed by atoms with Crippen LogP contribution in [0.15, 0.2) is 0 Å². The van der Waals surface area contributed by atoms with Crippen LogP contribution in [0.2, 0.25) is 0 Å². The summed E-state index contributed by atoms with van der Waals surface area (Å²) < 4.78 is 0. The fourth-order valence-electron chi connectivity index (χ4n) is 9.35. The van der Waals surface area contributed by atoms with Gasteiger partial charge >= 0.3 is 5.97 Å². The normalized spacial score (nSPS) is 49.9. The molecule has 0 aromatic carbocycles. The second kappa shape index (κ2) is 9.09. The molecule has 190 valence electrons. The van der Waals surface area contributed by atoms with Gasteiger partial charge in [-0.1, -0.05) is 41.0 Å². The summed E-state index contributed by atoms with van der Waals surface area (Å²) in [6.07, 6.45) is 7.34. The Morgan fingerprint density at radius 1 is 0.939 bits per heavy atom. The molecule has 4 N–H and O–H groups in total. The van der Waals surface area contributed by atoms with Gasteiger partial charge in [-0.2, -0.15) is 0 Å². The highest BCUT2D eigenvalue weighted by molar-refractivity contribution is 5.69. The van der Waals surface area contributed by atoms with Crippen LogP contribution >= 0.6 is 0 Å². The number of hydrogen-bond acceptors (Lipinski definition) is 4. The predicted octanol–water partition coefficient (Wildman–Crippen LogP) is 4.72. The van der Waals surface area contributed by atoms with Gasteiger partial charge in [0.25, 0.3) is 0 Å². The minimum absolute atomic E-state index is 0.109. The lowest BCUT2D eigenvalue weighted by Gasteiger charge is -2.63. The third-order valence-corrected chi connectivity index (χ3v) is 11.8. The maximum absolute atomic E-state index is 11.7. The Kier molecular flexibility index (Phi) is 7.01. The van der Waals surface area contributed by atoms with Crippen LogP contribution in [0.3, 0.4) is 0 Å². The van der Waals surface area contributed by atoms with E-state index in [4.69, 9.17) is 0 Å². The molecule has 0 spiro atoms. The molecule has 0 aliphatic heterocycles. The fraction of sp³-hybridized carbons (Fsp3) is 0.964. The van der Waals surface area contributed by atoms with Gasteiger partial charge in [0.05, 0.1) is 24.2 Å². The zero-order chi connectivity index (χ0) is 24.3. The van der Waals surface area contributed by atoms with Crippen molar-refractivity contribution in [1.29, 1.82) is 0 Å². The molecule has 4 saturated carbocycles. The molecule has 0 unspecified atom stereocenters. The Morgan fingerprint density at radius 2 is 1.64 bits per heavy atom. The van der Waals surface area contributed by atoms with Crippen LogP contribution in [0.4, 0.5) is 0 Å². The van der Waals surface area contributed by atoms with Gasteiger partial charge in [-0.25, -0.2) is 0 Å². The SMILES string of the molecule is C[C@H](CC[C@H](C)[C@@H]1CC[C@@H]2[C@@H]3[C@H](O)C[C@@H]4C[C@H](O)CC[C@]4(C)[C@H]3C[C@H](O)[C@@]21C)[C@@H](C)C(=O)O. The van der Waals surface area contributed by atoms with Gasteiger partial charge < -0.3 is 20.4 Å². The molecular formula is C28H48O5. The number of carboxylic acids is 1. The van der Waals surface area contributed by atoms with Crippen LogP contribution < -0.4 is 0 Å². The first kappa shape index (κ1) is 25.4. The number of carbonyl (C=O) groups is 1. The van der Waals surface area contributed by atoms with Crippen LogP contribution in [-0.2, 0) is 4.79 Å². The van der Waals surface area contributed by atoms with E-state index in [0.717, 1.165) is 57.8 Å². The van der Waals surface area contributed by atoms with Gasteiger partial charge in [-0.15, -0.1) is 0 Å². The van der Waals surface area contributed by atoms with Crippen LogP contribution in [0, 0.1) is 58.2 Å². The fourth-order valence-corrected chi connectivity index (χ4v) is 9.35. The first-order valence-electron chi connectivity index (χ1n) is 13.7. The molecule has 0 bridgehead atoms. The molecule has 0 amide bonds. The number of aliphatic carboxylic acids is 1. The number of aliphatic hydroxyl groups is 3. The van der Waals surface area contributed by atoms with Gasteiger partial charge in [-0.05, 0) is 104 Å². The Balaban J connectivity index is 1.52. The highest BCUT2D eigenvalue weighted by Gasteiger charge is 2.65. The van der Waals surface area contributed by atoms with Crippen molar-refractivity contribution in [3.05, 3.63) is 0 Å².